The first-order chi connectivity index (χ1) is 9.89. The normalized spacial score (nSPS) is 31.6. The smallest absolute Gasteiger partial charge is 0.307 e. The number of hydrogen-bond acceptors (Lipinski definition) is 3. The standard InChI is InChI=1S/C16H27NO4/c1-16(2)12(13(16)15(19)20)14(18)17-8-5-4-6-11(10-17)7-9-21-3/h11-13H,4-10H2,1-3H3,(H,19,20)/t11?,12-,13+/m0/s1. The third-order valence-corrected chi connectivity index (χ3v) is 5.17. The Morgan fingerprint density at radius 2 is 2.00 bits per heavy atom. The number of methoxy groups -OCH3 is 1. The molecular weight excluding hydrogens is 270 g/mol. The molecule has 0 spiro atoms. The van der Waals surface area contributed by atoms with Crippen molar-refractivity contribution >= 4 is 11.9 Å². The number of rotatable bonds is 5. The molecular formula is C16H27NO4. The van der Waals surface area contributed by atoms with Gasteiger partial charge in [0, 0.05) is 26.8 Å². The Morgan fingerprint density at radius 3 is 2.57 bits per heavy atom. The van der Waals surface area contributed by atoms with Crippen molar-refractivity contribution in [3.8, 4) is 0 Å². The lowest BCUT2D eigenvalue weighted by Gasteiger charge is -2.25. The van der Waals surface area contributed by atoms with Crippen LogP contribution in [0.4, 0.5) is 0 Å². The largest absolute Gasteiger partial charge is 0.481 e. The second kappa shape index (κ2) is 6.34. The van der Waals surface area contributed by atoms with E-state index in [1.165, 1.54) is 0 Å². The summed E-state index contributed by atoms with van der Waals surface area (Å²) < 4.78 is 5.14. The van der Waals surface area contributed by atoms with Gasteiger partial charge in [0.25, 0.3) is 0 Å². The van der Waals surface area contributed by atoms with E-state index < -0.39 is 17.3 Å². The number of aliphatic carboxylic acids is 1. The molecule has 1 amide bonds. The number of carbonyl (C=O) groups is 2. The van der Waals surface area contributed by atoms with Gasteiger partial charge >= 0.3 is 5.97 Å². The first kappa shape index (κ1) is 16.3. The second-order valence-electron chi connectivity index (χ2n) is 7.04. The molecule has 0 radical (unpaired) electrons. The molecule has 2 fully saturated rings. The fraction of sp³-hybridized carbons (Fsp3) is 0.875. The first-order valence-corrected chi connectivity index (χ1v) is 7.90. The van der Waals surface area contributed by atoms with Crippen molar-refractivity contribution in [2.75, 3.05) is 26.8 Å². The third-order valence-electron chi connectivity index (χ3n) is 5.17. The van der Waals surface area contributed by atoms with E-state index in [9.17, 15) is 14.7 Å². The van der Waals surface area contributed by atoms with E-state index in [-0.39, 0.29) is 11.8 Å². The molecule has 1 N–H and O–H groups in total. The van der Waals surface area contributed by atoms with E-state index in [4.69, 9.17) is 4.74 Å². The predicted octanol–water partition coefficient (Wildman–Crippen LogP) is 2.01. The highest BCUT2D eigenvalue weighted by atomic mass is 16.5. The summed E-state index contributed by atoms with van der Waals surface area (Å²) in [5.41, 5.74) is -0.406. The maximum Gasteiger partial charge on any atom is 0.307 e. The van der Waals surface area contributed by atoms with Gasteiger partial charge in [0.15, 0.2) is 0 Å². The highest BCUT2D eigenvalue weighted by molar-refractivity contribution is 5.91. The molecule has 3 atom stereocenters. The van der Waals surface area contributed by atoms with E-state index in [1.54, 1.807) is 7.11 Å². The van der Waals surface area contributed by atoms with Crippen molar-refractivity contribution in [2.45, 2.75) is 39.5 Å². The molecule has 0 aromatic carbocycles. The van der Waals surface area contributed by atoms with Crippen molar-refractivity contribution in [1.82, 2.24) is 4.90 Å². The number of carboxylic acid groups (broad SMARTS) is 1. The van der Waals surface area contributed by atoms with E-state index >= 15 is 0 Å². The van der Waals surface area contributed by atoms with Gasteiger partial charge in [0.2, 0.25) is 5.91 Å². The minimum absolute atomic E-state index is 0.0386. The number of nitrogens with zero attached hydrogens (tertiary/aromatic N) is 1. The Morgan fingerprint density at radius 1 is 1.29 bits per heavy atom. The summed E-state index contributed by atoms with van der Waals surface area (Å²) >= 11 is 0. The average Bonchev–Trinajstić information content (AvgIpc) is 3.07. The summed E-state index contributed by atoms with van der Waals surface area (Å²) in [6.07, 6.45) is 4.24. The lowest BCUT2D eigenvalue weighted by atomic mass is 10.00. The van der Waals surface area contributed by atoms with Crippen LogP contribution in [-0.2, 0) is 14.3 Å². The van der Waals surface area contributed by atoms with Crippen LogP contribution in [0.5, 0.6) is 0 Å². The summed E-state index contributed by atoms with van der Waals surface area (Å²) in [4.78, 5) is 25.9. The zero-order valence-electron chi connectivity index (χ0n) is 13.3. The summed E-state index contributed by atoms with van der Waals surface area (Å²) in [5, 5.41) is 9.24. The zero-order chi connectivity index (χ0) is 15.6. The summed E-state index contributed by atoms with van der Waals surface area (Å²) in [6.45, 7) is 6.00. The van der Waals surface area contributed by atoms with E-state index in [0.29, 0.717) is 5.92 Å². The van der Waals surface area contributed by atoms with Gasteiger partial charge in [-0.25, -0.2) is 0 Å². The number of likely N-dealkylation sites (tertiary alicyclic amines) is 1. The molecule has 5 heteroatoms. The van der Waals surface area contributed by atoms with Crippen molar-refractivity contribution < 1.29 is 19.4 Å². The maximum absolute atomic E-state index is 12.7. The second-order valence-corrected chi connectivity index (χ2v) is 7.04. The molecule has 1 saturated carbocycles. The zero-order valence-corrected chi connectivity index (χ0v) is 13.3. The van der Waals surface area contributed by atoms with Crippen LogP contribution in [0.15, 0.2) is 0 Å². The van der Waals surface area contributed by atoms with E-state index in [2.05, 4.69) is 0 Å². The SMILES string of the molecule is COCCC1CCCCN(C(=O)[C@@H]2[C@H](C(=O)O)C2(C)C)C1. The van der Waals surface area contributed by atoms with Crippen LogP contribution in [0.1, 0.15) is 39.5 Å². The Balaban J connectivity index is 1.99. The van der Waals surface area contributed by atoms with Crippen LogP contribution in [-0.4, -0.2) is 48.7 Å². The number of carboxylic acids is 1. The third kappa shape index (κ3) is 3.39. The van der Waals surface area contributed by atoms with Crippen molar-refractivity contribution in [3.05, 3.63) is 0 Å². The van der Waals surface area contributed by atoms with E-state index in [0.717, 1.165) is 45.4 Å². The van der Waals surface area contributed by atoms with Crippen LogP contribution in [0.2, 0.25) is 0 Å². The van der Waals surface area contributed by atoms with Gasteiger partial charge in [-0.15, -0.1) is 0 Å². The lowest BCUT2D eigenvalue weighted by Crippen LogP contribution is -2.37. The van der Waals surface area contributed by atoms with Crippen LogP contribution in [0.25, 0.3) is 0 Å². The molecule has 1 aliphatic carbocycles. The molecule has 2 rings (SSSR count). The van der Waals surface area contributed by atoms with Crippen molar-refractivity contribution in [3.63, 3.8) is 0 Å². The van der Waals surface area contributed by atoms with Gasteiger partial charge in [-0.05, 0) is 30.6 Å². The minimum Gasteiger partial charge on any atom is -0.481 e. The number of amides is 1. The molecule has 21 heavy (non-hydrogen) atoms. The topological polar surface area (TPSA) is 66.8 Å². The fourth-order valence-electron chi connectivity index (χ4n) is 3.71. The van der Waals surface area contributed by atoms with Crippen molar-refractivity contribution in [2.24, 2.45) is 23.2 Å². The molecule has 1 saturated heterocycles. The highest BCUT2D eigenvalue weighted by Crippen LogP contribution is 2.59. The molecule has 1 unspecified atom stereocenters. The van der Waals surface area contributed by atoms with Gasteiger partial charge in [0.1, 0.15) is 0 Å². The maximum atomic E-state index is 12.7. The Kier molecular flexibility index (Phi) is 4.91. The van der Waals surface area contributed by atoms with Crippen LogP contribution >= 0.6 is 0 Å². The van der Waals surface area contributed by atoms with Gasteiger partial charge in [0.05, 0.1) is 11.8 Å². The fourth-order valence-corrected chi connectivity index (χ4v) is 3.71. The lowest BCUT2D eigenvalue weighted by molar-refractivity contribution is -0.142. The average molecular weight is 297 g/mol. The minimum atomic E-state index is -0.843. The van der Waals surface area contributed by atoms with E-state index in [1.807, 2.05) is 18.7 Å². The Labute approximate surface area is 126 Å². The van der Waals surface area contributed by atoms with Crippen molar-refractivity contribution in [1.29, 1.82) is 0 Å². The predicted molar refractivity (Wildman–Crippen MR) is 78.8 cm³/mol. The summed E-state index contributed by atoms with van der Waals surface area (Å²) in [5.74, 6) is -1.20. The molecule has 0 aromatic heterocycles. The number of hydrogen-bond donors (Lipinski definition) is 1. The molecule has 2 aliphatic rings. The molecule has 0 aromatic rings. The first-order valence-electron chi connectivity index (χ1n) is 7.90. The molecule has 1 heterocycles. The molecule has 0 bridgehead atoms. The van der Waals surface area contributed by atoms with Crippen LogP contribution in [0.3, 0.4) is 0 Å². The number of ether oxygens (including phenoxy) is 1. The molecule has 120 valence electrons. The summed E-state index contributed by atoms with van der Waals surface area (Å²) in [7, 11) is 1.70. The van der Waals surface area contributed by atoms with Gasteiger partial charge in [-0.3, -0.25) is 9.59 Å². The Hall–Kier alpha value is -1.10. The van der Waals surface area contributed by atoms with Crippen LogP contribution in [0, 0.1) is 23.2 Å². The number of carbonyl (C=O) groups excluding carboxylic acids is 1. The molecule has 5 nitrogen and oxygen atoms in total. The summed E-state index contributed by atoms with van der Waals surface area (Å²) in [6, 6.07) is 0. The monoisotopic (exact) mass is 297 g/mol. The highest BCUT2D eigenvalue weighted by Gasteiger charge is 2.66. The van der Waals surface area contributed by atoms with Gasteiger partial charge in [-0.1, -0.05) is 20.3 Å². The molecule has 1 aliphatic heterocycles. The van der Waals surface area contributed by atoms with Crippen LogP contribution < -0.4 is 0 Å². The van der Waals surface area contributed by atoms with Gasteiger partial charge < -0.3 is 14.7 Å². The Bertz CT molecular complexity index is 407. The van der Waals surface area contributed by atoms with Gasteiger partial charge in [-0.2, -0.15) is 0 Å². The quantitative estimate of drug-likeness (QED) is 0.843.